The molecule has 86 valence electrons. The first-order valence-electron chi connectivity index (χ1n) is 4.85. The summed E-state index contributed by atoms with van der Waals surface area (Å²) in [6.45, 7) is 0.163. The Morgan fingerprint density at radius 1 is 1.56 bits per heavy atom. The average molecular weight is 224 g/mol. The van der Waals surface area contributed by atoms with E-state index in [1.54, 1.807) is 18.2 Å². The quantitative estimate of drug-likeness (QED) is 0.841. The van der Waals surface area contributed by atoms with E-state index in [1.807, 2.05) is 0 Å². The van der Waals surface area contributed by atoms with Crippen LogP contribution >= 0.6 is 0 Å². The van der Waals surface area contributed by atoms with Gasteiger partial charge in [0.2, 0.25) is 6.79 Å². The number of hydrogen-bond donors (Lipinski definition) is 1. The number of carboxylic acid groups (broad SMARTS) is 1. The summed E-state index contributed by atoms with van der Waals surface area (Å²) < 4.78 is 15.7. The Labute approximate surface area is 92.5 Å². The van der Waals surface area contributed by atoms with Gasteiger partial charge >= 0.3 is 5.97 Å². The highest BCUT2D eigenvalue weighted by Crippen LogP contribution is 2.40. The van der Waals surface area contributed by atoms with Crippen molar-refractivity contribution in [1.82, 2.24) is 0 Å². The van der Waals surface area contributed by atoms with Crippen LogP contribution in [0, 0.1) is 0 Å². The first-order valence-corrected chi connectivity index (χ1v) is 4.85. The predicted octanol–water partition coefficient (Wildman–Crippen LogP) is 1.58. The van der Waals surface area contributed by atoms with Crippen molar-refractivity contribution >= 4 is 5.97 Å². The van der Waals surface area contributed by atoms with Crippen molar-refractivity contribution in [3.05, 3.63) is 23.8 Å². The number of benzene rings is 1. The zero-order valence-corrected chi connectivity index (χ0v) is 8.80. The average Bonchev–Trinajstić information content (AvgIpc) is 2.73. The first kappa shape index (κ1) is 10.8. The van der Waals surface area contributed by atoms with Gasteiger partial charge in [-0.15, -0.1) is 0 Å². The number of aliphatic carboxylic acids is 1. The number of fused-ring (bicyclic) bond motifs is 1. The minimum Gasteiger partial charge on any atom is -0.481 e. The van der Waals surface area contributed by atoms with Gasteiger partial charge in [-0.05, 0) is 6.07 Å². The van der Waals surface area contributed by atoms with Gasteiger partial charge in [0.05, 0.1) is 12.5 Å². The minimum absolute atomic E-state index is 0.101. The lowest BCUT2D eigenvalue weighted by molar-refractivity contribution is -0.139. The maximum Gasteiger partial charge on any atom is 0.306 e. The van der Waals surface area contributed by atoms with E-state index in [1.165, 1.54) is 7.11 Å². The van der Waals surface area contributed by atoms with Gasteiger partial charge in [0, 0.05) is 12.7 Å². The molecule has 1 N–H and O–H groups in total. The standard InChI is InChI=1S/C11H12O5/c1-14-9(5-10(12)13)7-3-2-4-8-11(7)16-6-15-8/h2-4,9H,5-6H2,1H3,(H,12,13). The van der Waals surface area contributed by atoms with Crippen molar-refractivity contribution in [2.24, 2.45) is 0 Å². The van der Waals surface area contributed by atoms with Crippen LogP contribution in [-0.2, 0) is 9.53 Å². The molecule has 5 heteroatoms. The van der Waals surface area contributed by atoms with Crippen LogP contribution in [0.1, 0.15) is 18.1 Å². The second-order valence-electron chi connectivity index (χ2n) is 3.40. The molecular formula is C11H12O5. The van der Waals surface area contributed by atoms with E-state index in [0.717, 1.165) is 0 Å². The molecule has 1 unspecified atom stereocenters. The molecule has 0 spiro atoms. The van der Waals surface area contributed by atoms with Gasteiger partial charge in [-0.3, -0.25) is 4.79 Å². The fourth-order valence-corrected chi connectivity index (χ4v) is 1.69. The maximum atomic E-state index is 10.7. The van der Waals surface area contributed by atoms with E-state index >= 15 is 0 Å². The summed E-state index contributed by atoms with van der Waals surface area (Å²) in [5, 5.41) is 8.77. The molecular weight excluding hydrogens is 212 g/mol. The van der Waals surface area contributed by atoms with Gasteiger partial charge in [-0.25, -0.2) is 0 Å². The van der Waals surface area contributed by atoms with Crippen molar-refractivity contribution in [3.63, 3.8) is 0 Å². The van der Waals surface area contributed by atoms with Crippen LogP contribution in [0.25, 0.3) is 0 Å². The third-order valence-electron chi connectivity index (χ3n) is 2.42. The normalized spacial score (nSPS) is 14.8. The lowest BCUT2D eigenvalue weighted by Gasteiger charge is -2.15. The number of hydrogen-bond acceptors (Lipinski definition) is 4. The summed E-state index contributed by atoms with van der Waals surface area (Å²) in [6.07, 6.45) is -0.620. The number of methoxy groups -OCH3 is 1. The SMILES string of the molecule is COC(CC(=O)O)c1cccc2c1OCO2. The highest BCUT2D eigenvalue weighted by molar-refractivity contribution is 5.68. The second kappa shape index (κ2) is 4.40. The van der Waals surface area contributed by atoms with Crippen molar-refractivity contribution < 1.29 is 24.1 Å². The van der Waals surface area contributed by atoms with Crippen LogP contribution in [0.15, 0.2) is 18.2 Å². The summed E-state index contributed by atoms with van der Waals surface area (Å²) in [5.74, 6) is 0.295. The van der Waals surface area contributed by atoms with Gasteiger partial charge in [-0.1, -0.05) is 12.1 Å². The molecule has 0 saturated carbocycles. The second-order valence-corrected chi connectivity index (χ2v) is 3.40. The minimum atomic E-state index is -0.914. The third-order valence-corrected chi connectivity index (χ3v) is 2.42. The van der Waals surface area contributed by atoms with Crippen LogP contribution in [0.2, 0.25) is 0 Å². The summed E-state index contributed by atoms with van der Waals surface area (Å²) in [6, 6.07) is 5.35. The van der Waals surface area contributed by atoms with E-state index in [2.05, 4.69) is 0 Å². The molecule has 1 aliphatic heterocycles. The van der Waals surface area contributed by atoms with Crippen LogP contribution in [0.4, 0.5) is 0 Å². The lowest BCUT2D eigenvalue weighted by atomic mass is 10.0. The van der Waals surface area contributed by atoms with Crippen LogP contribution in [0.3, 0.4) is 0 Å². The third kappa shape index (κ3) is 1.94. The monoisotopic (exact) mass is 224 g/mol. The molecule has 0 amide bonds. The van der Waals surface area contributed by atoms with Crippen molar-refractivity contribution in [2.75, 3.05) is 13.9 Å². The van der Waals surface area contributed by atoms with E-state index in [4.69, 9.17) is 19.3 Å². The molecule has 0 saturated heterocycles. The van der Waals surface area contributed by atoms with E-state index in [9.17, 15) is 4.79 Å². The zero-order chi connectivity index (χ0) is 11.5. The van der Waals surface area contributed by atoms with Gasteiger partial charge in [0.1, 0.15) is 0 Å². The largest absolute Gasteiger partial charge is 0.481 e. The van der Waals surface area contributed by atoms with Crippen LogP contribution < -0.4 is 9.47 Å². The predicted molar refractivity (Wildman–Crippen MR) is 54.6 cm³/mol. The lowest BCUT2D eigenvalue weighted by Crippen LogP contribution is -2.09. The van der Waals surface area contributed by atoms with Gasteiger partial charge < -0.3 is 19.3 Å². The molecule has 1 heterocycles. The van der Waals surface area contributed by atoms with E-state index in [0.29, 0.717) is 17.1 Å². The molecule has 0 radical (unpaired) electrons. The Morgan fingerprint density at radius 3 is 3.06 bits per heavy atom. The molecule has 0 aromatic heterocycles. The zero-order valence-electron chi connectivity index (χ0n) is 8.80. The summed E-state index contributed by atoms with van der Waals surface area (Å²) in [7, 11) is 1.48. The fourth-order valence-electron chi connectivity index (χ4n) is 1.69. The molecule has 16 heavy (non-hydrogen) atoms. The number of carboxylic acids is 1. The summed E-state index contributed by atoms with van der Waals surface area (Å²) >= 11 is 0. The van der Waals surface area contributed by atoms with Crippen molar-refractivity contribution in [1.29, 1.82) is 0 Å². The number of ether oxygens (including phenoxy) is 3. The highest BCUT2D eigenvalue weighted by atomic mass is 16.7. The van der Waals surface area contributed by atoms with E-state index < -0.39 is 12.1 Å². The fraction of sp³-hybridized carbons (Fsp3) is 0.364. The Bertz CT molecular complexity index is 401. The molecule has 1 aliphatic rings. The number of para-hydroxylation sites is 1. The molecule has 2 rings (SSSR count). The van der Waals surface area contributed by atoms with E-state index in [-0.39, 0.29) is 13.2 Å². The Kier molecular flexibility index (Phi) is 2.96. The van der Waals surface area contributed by atoms with Crippen LogP contribution in [-0.4, -0.2) is 25.0 Å². The van der Waals surface area contributed by atoms with Crippen molar-refractivity contribution in [3.8, 4) is 11.5 Å². The molecule has 0 fully saturated rings. The van der Waals surface area contributed by atoms with Gasteiger partial charge in [0.15, 0.2) is 11.5 Å². The first-order chi connectivity index (χ1) is 7.72. The molecule has 1 aromatic rings. The Balaban J connectivity index is 2.31. The Morgan fingerprint density at radius 2 is 2.38 bits per heavy atom. The molecule has 1 atom stereocenters. The highest BCUT2D eigenvalue weighted by Gasteiger charge is 2.24. The van der Waals surface area contributed by atoms with Crippen molar-refractivity contribution in [2.45, 2.75) is 12.5 Å². The molecule has 0 bridgehead atoms. The number of carbonyl (C=O) groups is 1. The molecule has 5 nitrogen and oxygen atoms in total. The molecule has 0 aliphatic carbocycles. The molecule has 1 aromatic carbocycles. The number of rotatable bonds is 4. The van der Waals surface area contributed by atoms with Crippen LogP contribution in [0.5, 0.6) is 11.5 Å². The summed E-state index contributed by atoms with van der Waals surface area (Å²) in [5.41, 5.74) is 0.708. The van der Waals surface area contributed by atoms with Gasteiger partial charge in [-0.2, -0.15) is 0 Å². The topological polar surface area (TPSA) is 65.0 Å². The summed E-state index contributed by atoms with van der Waals surface area (Å²) in [4.78, 5) is 10.7. The van der Waals surface area contributed by atoms with Gasteiger partial charge in [0.25, 0.3) is 0 Å². The smallest absolute Gasteiger partial charge is 0.306 e. The maximum absolute atomic E-state index is 10.7. The Hall–Kier alpha value is -1.75.